The van der Waals surface area contributed by atoms with E-state index in [9.17, 15) is 4.79 Å². The Morgan fingerprint density at radius 3 is 2.57 bits per heavy atom. The second kappa shape index (κ2) is 3.86. The first-order valence-electron chi connectivity index (χ1n) is 5.17. The Morgan fingerprint density at radius 2 is 2.00 bits per heavy atom. The molecule has 1 saturated carbocycles. The number of furan rings is 1. The minimum absolute atomic E-state index is 0.126. The molecule has 1 aliphatic rings. The first-order valence-corrected chi connectivity index (χ1v) is 5.17. The van der Waals surface area contributed by atoms with Crippen LogP contribution in [-0.4, -0.2) is 5.78 Å². The van der Waals surface area contributed by atoms with Gasteiger partial charge in [-0.05, 0) is 18.9 Å². The Bertz CT molecular complexity index is 324. The first kappa shape index (κ1) is 9.31. The lowest BCUT2D eigenvalue weighted by Gasteiger charge is -2.18. The Kier molecular flexibility index (Phi) is 2.57. The maximum Gasteiger partial charge on any atom is 0.201 e. The minimum atomic E-state index is 0.126. The molecule has 14 heavy (non-hydrogen) atoms. The molecule has 1 aromatic heterocycles. The summed E-state index contributed by atoms with van der Waals surface area (Å²) in [5.41, 5.74) is 5.43. The molecule has 2 N–H and O–H groups in total. The van der Waals surface area contributed by atoms with Crippen LogP contribution in [0.2, 0.25) is 0 Å². The van der Waals surface area contributed by atoms with E-state index in [1.54, 1.807) is 12.1 Å². The van der Waals surface area contributed by atoms with Gasteiger partial charge in [0.25, 0.3) is 0 Å². The van der Waals surface area contributed by atoms with Crippen molar-refractivity contribution in [3.63, 3.8) is 0 Å². The number of hydrogen-bond donors (Lipinski definition) is 1. The van der Waals surface area contributed by atoms with Crippen LogP contribution in [0.5, 0.6) is 0 Å². The molecule has 3 heteroatoms. The molecule has 0 aromatic carbocycles. The number of ketones is 1. The zero-order valence-electron chi connectivity index (χ0n) is 8.16. The molecule has 0 spiro atoms. The van der Waals surface area contributed by atoms with Crippen LogP contribution in [0, 0.1) is 5.92 Å². The maximum absolute atomic E-state index is 11.9. The van der Waals surface area contributed by atoms with Gasteiger partial charge in [-0.1, -0.05) is 19.3 Å². The number of nitrogens with two attached hydrogens (primary N) is 1. The fourth-order valence-electron chi connectivity index (χ4n) is 2.05. The van der Waals surface area contributed by atoms with Crippen LogP contribution in [0.4, 0.5) is 5.88 Å². The maximum atomic E-state index is 11.9. The highest BCUT2D eigenvalue weighted by Gasteiger charge is 2.24. The van der Waals surface area contributed by atoms with Crippen LogP contribution in [0.15, 0.2) is 16.5 Å². The predicted octanol–water partition coefficient (Wildman–Crippen LogP) is 2.62. The van der Waals surface area contributed by atoms with Gasteiger partial charge in [-0.15, -0.1) is 0 Å². The van der Waals surface area contributed by atoms with Crippen molar-refractivity contribution in [2.75, 3.05) is 5.73 Å². The number of carbonyl (C=O) groups is 1. The van der Waals surface area contributed by atoms with Gasteiger partial charge in [-0.3, -0.25) is 4.79 Å². The van der Waals surface area contributed by atoms with E-state index in [4.69, 9.17) is 10.2 Å². The van der Waals surface area contributed by atoms with Crippen LogP contribution in [0.3, 0.4) is 0 Å². The number of hydrogen-bond acceptors (Lipinski definition) is 3. The molecule has 1 aromatic rings. The van der Waals surface area contributed by atoms with Crippen LogP contribution in [0.1, 0.15) is 42.7 Å². The molecule has 1 heterocycles. The summed E-state index contributed by atoms with van der Waals surface area (Å²) in [5.74, 6) is 1.04. The molecule has 1 aliphatic carbocycles. The number of Topliss-reactive ketones (excluding diaryl/α,β-unsaturated/α-hetero) is 1. The van der Waals surface area contributed by atoms with Gasteiger partial charge in [0, 0.05) is 12.0 Å². The quantitative estimate of drug-likeness (QED) is 0.734. The summed E-state index contributed by atoms with van der Waals surface area (Å²) in [6, 6.07) is 3.31. The minimum Gasteiger partial charge on any atom is -0.438 e. The van der Waals surface area contributed by atoms with E-state index in [1.165, 1.54) is 6.42 Å². The molecule has 2 rings (SSSR count). The van der Waals surface area contributed by atoms with Crippen LogP contribution in [0.25, 0.3) is 0 Å². The third-order valence-corrected chi connectivity index (χ3v) is 2.85. The van der Waals surface area contributed by atoms with Crippen LogP contribution >= 0.6 is 0 Å². The highest BCUT2D eigenvalue weighted by Crippen LogP contribution is 2.27. The molecule has 76 valence electrons. The fraction of sp³-hybridized carbons (Fsp3) is 0.545. The fourth-order valence-corrected chi connectivity index (χ4v) is 2.05. The van der Waals surface area contributed by atoms with E-state index in [0.29, 0.717) is 11.6 Å². The second-order valence-corrected chi connectivity index (χ2v) is 3.90. The molecule has 0 aliphatic heterocycles. The van der Waals surface area contributed by atoms with Crippen molar-refractivity contribution >= 4 is 11.7 Å². The van der Waals surface area contributed by atoms with Gasteiger partial charge in [0.1, 0.15) is 0 Å². The van der Waals surface area contributed by atoms with Crippen molar-refractivity contribution < 1.29 is 9.21 Å². The molecule has 3 nitrogen and oxygen atoms in total. The molecule has 0 saturated heterocycles. The molecule has 0 amide bonds. The zero-order valence-corrected chi connectivity index (χ0v) is 8.16. The summed E-state index contributed by atoms with van der Waals surface area (Å²) in [7, 11) is 0. The van der Waals surface area contributed by atoms with Gasteiger partial charge in [-0.25, -0.2) is 0 Å². The van der Waals surface area contributed by atoms with E-state index < -0.39 is 0 Å². The van der Waals surface area contributed by atoms with E-state index in [2.05, 4.69) is 0 Å². The number of anilines is 1. The van der Waals surface area contributed by atoms with Crippen molar-refractivity contribution in [3.8, 4) is 0 Å². The Hall–Kier alpha value is -1.25. The molecule has 0 radical (unpaired) electrons. The van der Waals surface area contributed by atoms with Gasteiger partial charge in [0.15, 0.2) is 11.6 Å². The molecule has 0 unspecified atom stereocenters. The summed E-state index contributed by atoms with van der Waals surface area (Å²) < 4.78 is 5.13. The van der Waals surface area contributed by atoms with Gasteiger partial charge in [0.2, 0.25) is 5.78 Å². The molecular weight excluding hydrogens is 178 g/mol. The largest absolute Gasteiger partial charge is 0.438 e. The number of carbonyl (C=O) groups excluding carboxylic acids is 1. The second-order valence-electron chi connectivity index (χ2n) is 3.90. The summed E-state index contributed by atoms with van der Waals surface area (Å²) in [4.78, 5) is 11.9. The average Bonchev–Trinajstić information content (AvgIpc) is 2.65. The van der Waals surface area contributed by atoms with Crippen LogP contribution < -0.4 is 5.73 Å². The molecule has 1 fully saturated rings. The first-order chi connectivity index (χ1) is 6.77. The van der Waals surface area contributed by atoms with Gasteiger partial charge >= 0.3 is 0 Å². The Balaban J connectivity index is 2.07. The summed E-state index contributed by atoms with van der Waals surface area (Å²) in [6.45, 7) is 0. The molecule has 0 atom stereocenters. The van der Waals surface area contributed by atoms with Crippen molar-refractivity contribution in [1.29, 1.82) is 0 Å². The van der Waals surface area contributed by atoms with E-state index >= 15 is 0 Å². The standard InChI is InChI=1S/C11H15NO2/c12-10-7-6-9(14-10)11(13)8-4-2-1-3-5-8/h6-8H,1-5,12H2. The summed E-state index contributed by atoms with van der Waals surface area (Å²) in [6.07, 6.45) is 5.57. The highest BCUT2D eigenvalue weighted by atomic mass is 16.4. The third kappa shape index (κ3) is 1.81. The smallest absolute Gasteiger partial charge is 0.201 e. The normalized spacial score (nSPS) is 18.3. The summed E-state index contributed by atoms with van der Waals surface area (Å²) >= 11 is 0. The molecular formula is C11H15NO2. The Morgan fingerprint density at radius 1 is 1.29 bits per heavy atom. The highest BCUT2D eigenvalue weighted by molar-refractivity contribution is 5.95. The van der Waals surface area contributed by atoms with Crippen molar-refractivity contribution in [1.82, 2.24) is 0 Å². The van der Waals surface area contributed by atoms with Gasteiger partial charge < -0.3 is 10.2 Å². The molecule has 0 bridgehead atoms. The average molecular weight is 193 g/mol. The van der Waals surface area contributed by atoms with Crippen molar-refractivity contribution in [2.24, 2.45) is 5.92 Å². The summed E-state index contributed by atoms with van der Waals surface area (Å²) in [5, 5.41) is 0. The Labute approximate surface area is 83.3 Å². The van der Waals surface area contributed by atoms with E-state index in [0.717, 1.165) is 25.7 Å². The lowest BCUT2D eigenvalue weighted by Crippen LogP contribution is -2.17. The van der Waals surface area contributed by atoms with Gasteiger partial charge in [0.05, 0.1) is 0 Å². The lowest BCUT2D eigenvalue weighted by atomic mass is 9.85. The van der Waals surface area contributed by atoms with Crippen molar-refractivity contribution in [3.05, 3.63) is 17.9 Å². The number of nitrogen functional groups attached to an aromatic ring is 1. The monoisotopic (exact) mass is 193 g/mol. The van der Waals surface area contributed by atoms with E-state index in [-0.39, 0.29) is 11.7 Å². The lowest BCUT2D eigenvalue weighted by molar-refractivity contribution is 0.0862. The number of rotatable bonds is 2. The zero-order chi connectivity index (χ0) is 9.97. The topological polar surface area (TPSA) is 56.2 Å². The van der Waals surface area contributed by atoms with Crippen molar-refractivity contribution in [2.45, 2.75) is 32.1 Å². The van der Waals surface area contributed by atoms with Crippen LogP contribution in [-0.2, 0) is 0 Å². The SMILES string of the molecule is Nc1ccc(C(=O)C2CCCCC2)o1. The third-order valence-electron chi connectivity index (χ3n) is 2.85. The van der Waals surface area contributed by atoms with E-state index in [1.807, 2.05) is 0 Å². The predicted molar refractivity (Wildman–Crippen MR) is 54.0 cm³/mol. The van der Waals surface area contributed by atoms with Gasteiger partial charge in [-0.2, -0.15) is 0 Å².